The predicted molar refractivity (Wildman–Crippen MR) is 73.0 cm³/mol. The second-order valence-corrected chi connectivity index (χ2v) is 8.09. The maximum atomic E-state index is 11.0. The monoisotopic (exact) mass is 284 g/mol. The Hall–Kier alpha value is 0.200. The van der Waals surface area contributed by atoms with Crippen molar-refractivity contribution in [3.05, 3.63) is 0 Å². The summed E-state index contributed by atoms with van der Waals surface area (Å²) < 4.78 is 27.4. The summed E-state index contributed by atoms with van der Waals surface area (Å²) in [5, 5.41) is 0. The van der Waals surface area contributed by atoms with Gasteiger partial charge in [-0.1, -0.05) is 46.5 Å². The molecule has 0 N–H and O–H groups in total. The highest BCUT2D eigenvalue weighted by molar-refractivity contribution is 8.13. The largest absolute Gasteiger partial charge is 0.381 e. The van der Waals surface area contributed by atoms with Gasteiger partial charge in [-0.25, -0.2) is 8.42 Å². The minimum absolute atomic E-state index is 0.0443. The normalized spacial score (nSPS) is 12.9. The van der Waals surface area contributed by atoms with E-state index in [4.69, 9.17) is 15.4 Å². The summed E-state index contributed by atoms with van der Waals surface area (Å²) in [6.07, 6.45) is 5.99. The Kier molecular flexibility index (Phi) is 8.43. The molecular formula is C12H25ClO3S. The Morgan fingerprint density at radius 3 is 2.24 bits per heavy atom. The minimum atomic E-state index is -3.44. The fourth-order valence-corrected chi connectivity index (χ4v) is 3.57. The van der Waals surface area contributed by atoms with Crippen LogP contribution in [0.25, 0.3) is 0 Å². The molecule has 104 valence electrons. The number of rotatable bonds is 10. The van der Waals surface area contributed by atoms with Gasteiger partial charge in [0.25, 0.3) is 0 Å². The van der Waals surface area contributed by atoms with Crippen LogP contribution in [0, 0.1) is 5.41 Å². The van der Waals surface area contributed by atoms with E-state index in [9.17, 15) is 8.42 Å². The summed E-state index contributed by atoms with van der Waals surface area (Å²) in [4.78, 5) is 0. The summed E-state index contributed by atoms with van der Waals surface area (Å²) in [6, 6.07) is 0. The fraction of sp³-hybridized carbons (Fsp3) is 1.00. The molecule has 0 bridgehead atoms. The van der Waals surface area contributed by atoms with Crippen molar-refractivity contribution >= 4 is 19.7 Å². The van der Waals surface area contributed by atoms with Crippen LogP contribution in [0.1, 0.15) is 52.9 Å². The van der Waals surface area contributed by atoms with Crippen LogP contribution in [0.15, 0.2) is 0 Å². The van der Waals surface area contributed by atoms with E-state index < -0.39 is 14.5 Å². The van der Waals surface area contributed by atoms with Gasteiger partial charge in [0.2, 0.25) is 9.05 Å². The summed E-state index contributed by atoms with van der Waals surface area (Å²) in [5.74, 6) is -0.0443. The maximum absolute atomic E-state index is 11.0. The number of ether oxygens (including phenoxy) is 1. The summed E-state index contributed by atoms with van der Waals surface area (Å²) in [5.41, 5.74) is -0.413. The second-order valence-electron chi connectivity index (χ2n) is 5.31. The van der Waals surface area contributed by atoms with Crippen LogP contribution in [0.2, 0.25) is 0 Å². The maximum Gasteiger partial charge on any atom is 0.233 e. The van der Waals surface area contributed by atoms with E-state index in [0.29, 0.717) is 13.2 Å². The molecule has 0 atom stereocenters. The molecule has 0 aromatic rings. The molecule has 0 aliphatic carbocycles. The zero-order valence-corrected chi connectivity index (χ0v) is 12.7. The van der Waals surface area contributed by atoms with Crippen molar-refractivity contribution in [1.29, 1.82) is 0 Å². The zero-order chi connectivity index (χ0) is 13.4. The van der Waals surface area contributed by atoms with Crippen LogP contribution < -0.4 is 0 Å². The highest BCUT2D eigenvalue weighted by Crippen LogP contribution is 2.20. The topological polar surface area (TPSA) is 43.4 Å². The molecular weight excluding hydrogens is 260 g/mol. The highest BCUT2D eigenvalue weighted by atomic mass is 35.7. The van der Waals surface area contributed by atoms with Gasteiger partial charge in [0.15, 0.2) is 0 Å². The molecule has 0 aromatic carbocycles. The van der Waals surface area contributed by atoms with Crippen LogP contribution in [0.4, 0.5) is 0 Å². The van der Waals surface area contributed by atoms with Gasteiger partial charge in [0, 0.05) is 22.7 Å². The molecule has 0 aromatic heterocycles. The summed E-state index contributed by atoms with van der Waals surface area (Å²) in [6.45, 7) is 7.03. The Morgan fingerprint density at radius 2 is 1.71 bits per heavy atom. The van der Waals surface area contributed by atoms with Gasteiger partial charge in [0.1, 0.15) is 0 Å². The van der Waals surface area contributed by atoms with E-state index in [-0.39, 0.29) is 5.75 Å². The van der Waals surface area contributed by atoms with Gasteiger partial charge in [-0.3, -0.25) is 0 Å². The standard InChI is InChI=1S/C12H25ClO3S/c1-4-5-6-7-8-9-16-10-12(2,3)11-17(13,14)15/h4-11H2,1-3H3. The van der Waals surface area contributed by atoms with Crippen LogP contribution in [0.5, 0.6) is 0 Å². The summed E-state index contributed by atoms with van der Waals surface area (Å²) in [7, 11) is 1.79. The van der Waals surface area contributed by atoms with Gasteiger partial charge in [-0.15, -0.1) is 0 Å². The van der Waals surface area contributed by atoms with E-state index >= 15 is 0 Å². The molecule has 0 fully saturated rings. The first-order valence-corrected chi connectivity index (χ1v) is 8.75. The zero-order valence-electron chi connectivity index (χ0n) is 11.2. The van der Waals surface area contributed by atoms with Crippen LogP contribution in [0.3, 0.4) is 0 Å². The average molecular weight is 285 g/mol. The first-order valence-electron chi connectivity index (χ1n) is 6.27. The van der Waals surface area contributed by atoms with Gasteiger partial charge in [0.05, 0.1) is 12.4 Å². The van der Waals surface area contributed by atoms with Gasteiger partial charge in [-0.2, -0.15) is 0 Å². The third kappa shape index (κ3) is 12.4. The summed E-state index contributed by atoms with van der Waals surface area (Å²) >= 11 is 0. The molecule has 0 rings (SSSR count). The number of unbranched alkanes of at least 4 members (excludes halogenated alkanes) is 4. The third-order valence-corrected chi connectivity index (χ3v) is 3.90. The van der Waals surface area contributed by atoms with Gasteiger partial charge < -0.3 is 4.74 Å². The van der Waals surface area contributed by atoms with Crippen molar-refractivity contribution in [1.82, 2.24) is 0 Å². The smallest absolute Gasteiger partial charge is 0.233 e. The Labute approximate surface area is 110 Å². The SMILES string of the molecule is CCCCCCCOCC(C)(C)CS(=O)(=O)Cl. The first-order chi connectivity index (χ1) is 7.77. The first kappa shape index (κ1) is 17.2. The molecule has 0 aliphatic rings. The lowest BCUT2D eigenvalue weighted by Crippen LogP contribution is -2.27. The van der Waals surface area contributed by atoms with E-state index in [1.165, 1.54) is 25.7 Å². The quantitative estimate of drug-likeness (QED) is 0.455. The lowest BCUT2D eigenvalue weighted by Gasteiger charge is -2.22. The van der Waals surface area contributed by atoms with Crippen molar-refractivity contribution in [2.75, 3.05) is 19.0 Å². The van der Waals surface area contributed by atoms with E-state index in [1.807, 2.05) is 13.8 Å². The molecule has 0 unspecified atom stereocenters. The molecule has 17 heavy (non-hydrogen) atoms. The lowest BCUT2D eigenvalue weighted by atomic mass is 9.98. The van der Waals surface area contributed by atoms with Crippen molar-refractivity contribution in [2.24, 2.45) is 5.41 Å². The van der Waals surface area contributed by atoms with Crippen molar-refractivity contribution < 1.29 is 13.2 Å². The van der Waals surface area contributed by atoms with Gasteiger partial charge >= 0.3 is 0 Å². The Morgan fingerprint density at radius 1 is 1.12 bits per heavy atom. The molecule has 3 nitrogen and oxygen atoms in total. The second kappa shape index (κ2) is 8.33. The molecule has 0 amide bonds. The average Bonchev–Trinajstić information content (AvgIpc) is 2.12. The molecule has 0 radical (unpaired) electrons. The lowest BCUT2D eigenvalue weighted by molar-refractivity contribution is 0.0701. The van der Waals surface area contributed by atoms with Crippen molar-refractivity contribution in [3.8, 4) is 0 Å². The molecule has 0 aliphatic heterocycles. The molecule has 0 heterocycles. The highest BCUT2D eigenvalue weighted by Gasteiger charge is 2.25. The molecule has 0 saturated heterocycles. The fourth-order valence-electron chi connectivity index (χ4n) is 1.66. The third-order valence-electron chi connectivity index (χ3n) is 2.45. The molecule has 5 heteroatoms. The van der Waals surface area contributed by atoms with Crippen molar-refractivity contribution in [2.45, 2.75) is 52.9 Å². The number of hydrogen-bond acceptors (Lipinski definition) is 3. The molecule has 0 saturated carbocycles. The van der Waals surface area contributed by atoms with E-state index in [1.54, 1.807) is 0 Å². The van der Waals surface area contributed by atoms with Gasteiger partial charge in [-0.05, 0) is 6.42 Å². The molecule has 0 spiro atoms. The van der Waals surface area contributed by atoms with Crippen LogP contribution in [-0.4, -0.2) is 27.4 Å². The van der Waals surface area contributed by atoms with E-state index in [0.717, 1.165) is 6.42 Å². The van der Waals surface area contributed by atoms with E-state index in [2.05, 4.69) is 6.92 Å². The Bertz CT molecular complexity index is 286. The number of hydrogen-bond donors (Lipinski definition) is 0. The van der Waals surface area contributed by atoms with Crippen LogP contribution in [-0.2, 0) is 13.8 Å². The Balaban J connectivity index is 3.59. The number of halogens is 1. The van der Waals surface area contributed by atoms with Crippen molar-refractivity contribution in [3.63, 3.8) is 0 Å². The van der Waals surface area contributed by atoms with Crippen LogP contribution >= 0.6 is 10.7 Å². The predicted octanol–water partition coefficient (Wildman–Crippen LogP) is 3.57. The minimum Gasteiger partial charge on any atom is -0.381 e.